The average Bonchev–Trinajstić information content (AvgIpc) is 2.48. The molecule has 0 saturated heterocycles. The lowest BCUT2D eigenvalue weighted by molar-refractivity contribution is 0.0871. The summed E-state index contributed by atoms with van der Waals surface area (Å²) in [5.41, 5.74) is 2.47. The maximum atomic E-state index is 6.04. The van der Waals surface area contributed by atoms with E-state index >= 15 is 0 Å². The van der Waals surface area contributed by atoms with Gasteiger partial charge in [0.2, 0.25) is 0 Å². The zero-order valence-electron chi connectivity index (χ0n) is 12.4. The molecule has 3 heteroatoms. The van der Waals surface area contributed by atoms with E-state index in [1.54, 1.807) is 0 Å². The first kappa shape index (κ1) is 16.0. The summed E-state index contributed by atoms with van der Waals surface area (Å²) in [5, 5.41) is 4.03. The van der Waals surface area contributed by atoms with Crippen LogP contribution in [0, 0.1) is 5.92 Å². The van der Waals surface area contributed by atoms with Crippen LogP contribution in [0.2, 0.25) is 5.02 Å². The molecule has 0 aromatic heterocycles. The Hall–Kier alpha value is -1.35. The summed E-state index contributed by atoms with van der Waals surface area (Å²) in [5.74, 6) is 0.442. The Bertz CT molecular complexity index is 530. The molecule has 1 atom stereocenters. The van der Waals surface area contributed by atoms with Gasteiger partial charge in [-0.3, -0.25) is 0 Å². The fraction of sp³-hybridized carbons (Fsp3) is 0.333. The molecule has 0 fully saturated rings. The van der Waals surface area contributed by atoms with Crippen molar-refractivity contribution in [1.29, 1.82) is 0 Å². The molecule has 0 saturated carbocycles. The second kappa shape index (κ2) is 8.83. The van der Waals surface area contributed by atoms with Gasteiger partial charge in [0.25, 0.3) is 0 Å². The molecule has 2 aromatic carbocycles. The molecule has 0 aliphatic carbocycles. The van der Waals surface area contributed by atoms with Gasteiger partial charge in [0, 0.05) is 11.6 Å². The Balaban J connectivity index is 1.84. The molecule has 0 amide bonds. The quantitative estimate of drug-likeness (QED) is 0.797. The maximum absolute atomic E-state index is 6.04. The van der Waals surface area contributed by atoms with Crippen molar-refractivity contribution in [3.8, 4) is 0 Å². The van der Waals surface area contributed by atoms with E-state index in [1.165, 1.54) is 11.1 Å². The smallest absolute Gasteiger partial charge is 0.0717 e. The normalized spacial score (nSPS) is 12.3. The summed E-state index contributed by atoms with van der Waals surface area (Å²) < 4.78 is 5.86. The Morgan fingerprint density at radius 2 is 1.81 bits per heavy atom. The van der Waals surface area contributed by atoms with Gasteiger partial charge in [0.1, 0.15) is 0 Å². The summed E-state index contributed by atoms with van der Waals surface area (Å²) in [6, 6.07) is 18.3. The highest BCUT2D eigenvalue weighted by atomic mass is 35.5. The third-order valence-corrected chi connectivity index (χ3v) is 3.61. The lowest BCUT2D eigenvalue weighted by Gasteiger charge is -2.17. The van der Waals surface area contributed by atoms with Gasteiger partial charge in [-0.2, -0.15) is 0 Å². The third-order valence-electron chi connectivity index (χ3n) is 3.37. The number of nitrogens with one attached hydrogen (secondary N) is 1. The van der Waals surface area contributed by atoms with Gasteiger partial charge in [-0.25, -0.2) is 0 Å². The Kier molecular flexibility index (Phi) is 6.74. The summed E-state index contributed by atoms with van der Waals surface area (Å²) in [6.07, 6.45) is 0.968. The predicted molar refractivity (Wildman–Crippen MR) is 88.7 cm³/mol. The molecule has 21 heavy (non-hydrogen) atoms. The minimum absolute atomic E-state index is 0.442. The van der Waals surface area contributed by atoms with Crippen LogP contribution < -0.4 is 5.32 Å². The second-order valence-corrected chi connectivity index (χ2v) is 5.69. The molecule has 2 aromatic rings. The molecule has 1 N–H and O–H groups in total. The van der Waals surface area contributed by atoms with Crippen LogP contribution >= 0.6 is 11.6 Å². The number of hydrogen-bond acceptors (Lipinski definition) is 2. The van der Waals surface area contributed by atoms with Crippen LogP contribution in [0.1, 0.15) is 11.1 Å². The number of hydrogen-bond donors (Lipinski definition) is 1. The van der Waals surface area contributed by atoms with Gasteiger partial charge in [-0.15, -0.1) is 0 Å². The van der Waals surface area contributed by atoms with E-state index in [1.807, 2.05) is 43.4 Å². The predicted octanol–water partition coefficient (Wildman–Crippen LogP) is 3.93. The minimum Gasteiger partial charge on any atom is -0.376 e. The van der Waals surface area contributed by atoms with Crippen LogP contribution in [0.25, 0.3) is 0 Å². The molecule has 0 aliphatic heterocycles. The lowest BCUT2D eigenvalue weighted by Crippen LogP contribution is -2.25. The number of benzene rings is 2. The summed E-state index contributed by atoms with van der Waals surface area (Å²) in [7, 11) is 1.97. The molecule has 1 unspecified atom stereocenters. The van der Waals surface area contributed by atoms with Crippen molar-refractivity contribution in [1.82, 2.24) is 5.32 Å². The fourth-order valence-corrected chi connectivity index (χ4v) is 2.61. The van der Waals surface area contributed by atoms with Crippen LogP contribution in [0.3, 0.4) is 0 Å². The van der Waals surface area contributed by atoms with E-state index in [0.717, 1.165) is 24.6 Å². The SMILES string of the molecule is CNCC(COCc1ccccc1)Cc1cccc(Cl)c1. The Labute approximate surface area is 132 Å². The standard InChI is InChI=1S/C18H22ClNO/c1-20-12-17(10-16-8-5-9-18(19)11-16)14-21-13-15-6-3-2-4-7-15/h2-9,11,17,20H,10,12-14H2,1H3. The molecule has 112 valence electrons. The molecule has 0 bridgehead atoms. The van der Waals surface area contributed by atoms with Crippen LogP contribution in [0.5, 0.6) is 0 Å². The van der Waals surface area contributed by atoms with Crippen molar-refractivity contribution in [3.05, 3.63) is 70.7 Å². The largest absolute Gasteiger partial charge is 0.376 e. The van der Waals surface area contributed by atoms with Gasteiger partial charge < -0.3 is 10.1 Å². The van der Waals surface area contributed by atoms with Crippen LogP contribution in [-0.2, 0) is 17.8 Å². The highest BCUT2D eigenvalue weighted by Crippen LogP contribution is 2.15. The van der Waals surface area contributed by atoms with Gasteiger partial charge in [0.15, 0.2) is 0 Å². The van der Waals surface area contributed by atoms with Crippen molar-refractivity contribution in [2.24, 2.45) is 5.92 Å². The molecular weight excluding hydrogens is 282 g/mol. The minimum atomic E-state index is 0.442. The zero-order valence-corrected chi connectivity index (χ0v) is 13.1. The fourth-order valence-electron chi connectivity index (χ4n) is 2.39. The van der Waals surface area contributed by atoms with Crippen molar-refractivity contribution >= 4 is 11.6 Å². The van der Waals surface area contributed by atoms with Crippen LogP contribution in [0.4, 0.5) is 0 Å². The first-order valence-corrected chi connectivity index (χ1v) is 7.66. The molecular formula is C18H22ClNO. The number of rotatable bonds is 8. The third kappa shape index (κ3) is 5.88. The first-order chi connectivity index (χ1) is 10.3. The first-order valence-electron chi connectivity index (χ1n) is 7.28. The molecule has 0 spiro atoms. The highest BCUT2D eigenvalue weighted by Gasteiger charge is 2.10. The van der Waals surface area contributed by atoms with Crippen molar-refractivity contribution in [3.63, 3.8) is 0 Å². The van der Waals surface area contributed by atoms with E-state index in [9.17, 15) is 0 Å². The summed E-state index contributed by atoms with van der Waals surface area (Å²) >= 11 is 6.04. The van der Waals surface area contributed by atoms with Crippen molar-refractivity contribution < 1.29 is 4.74 Å². The Morgan fingerprint density at radius 3 is 2.52 bits per heavy atom. The van der Waals surface area contributed by atoms with Gasteiger partial charge in [-0.05, 0) is 42.6 Å². The molecule has 0 heterocycles. The second-order valence-electron chi connectivity index (χ2n) is 5.26. The van der Waals surface area contributed by atoms with E-state index in [4.69, 9.17) is 16.3 Å². The Morgan fingerprint density at radius 1 is 1.05 bits per heavy atom. The van der Waals surface area contributed by atoms with E-state index in [2.05, 4.69) is 23.5 Å². The van der Waals surface area contributed by atoms with Gasteiger partial charge in [0.05, 0.1) is 13.2 Å². The van der Waals surface area contributed by atoms with Crippen molar-refractivity contribution in [2.45, 2.75) is 13.0 Å². The summed E-state index contributed by atoms with van der Waals surface area (Å²) in [6.45, 7) is 2.33. The molecule has 0 radical (unpaired) electrons. The van der Waals surface area contributed by atoms with Crippen molar-refractivity contribution in [2.75, 3.05) is 20.2 Å². The van der Waals surface area contributed by atoms with Crippen LogP contribution in [0.15, 0.2) is 54.6 Å². The monoisotopic (exact) mass is 303 g/mol. The van der Waals surface area contributed by atoms with E-state index in [-0.39, 0.29) is 0 Å². The summed E-state index contributed by atoms with van der Waals surface area (Å²) in [4.78, 5) is 0. The molecule has 2 nitrogen and oxygen atoms in total. The topological polar surface area (TPSA) is 21.3 Å². The number of ether oxygens (including phenoxy) is 1. The lowest BCUT2D eigenvalue weighted by atomic mass is 10.00. The van der Waals surface area contributed by atoms with Gasteiger partial charge in [-0.1, -0.05) is 54.1 Å². The number of halogens is 1. The average molecular weight is 304 g/mol. The van der Waals surface area contributed by atoms with E-state index < -0.39 is 0 Å². The van der Waals surface area contributed by atoms with Gasteiger partial charge >= 0.3 is 0 Å². The zero-order chi connectivity index (χ0) is 14.9. The maximum Gasteiger partial charge on any atom is 0.0717 e. The van der Waals surface area contributed by atoms with E-state index in [0.29, 0.717) is 12.5 Å². The molecule has 0 aliphatic rings. The van der Waals surface area contributed by atoms with Crippen LogP contribution in [-0.4, -0.2) is 20.2 Å². The highest BCUT2D eigenvalue weighted by molar-refractivity contribution is 6.30. The molecule has 2 rings (SSSR count).